The highest BCUT2D eigenvalue weighted by atomic mass is 16.2. The second-order valence-electron chi connectivity index (χ2n) is 7.61. The molecular formula is C20H27N7O2. The Bertz CT molecular complexity index is 850. The lowest BCUT2D eigenvalue weighted by atomic mass is 9.96. The van der Waals surface area contributed by atoms with Crippen LogP contribution in [0.3, 0.4) is 0 Å². The number of nitrogens with zero attached hydrogens (tertiary/aromatic N) is 4. The fourth-order valence-electron chi connectivity index (χ4n) is 3.90. The number of nitrogens with two attached hydrogens (primary N) is 1. The second kappa shape index (κ2) is 8.60. The Kier molecular flexibility index (Phi) is 5.75. The Morgan fingerprint density at radius 1 is 1.07 bits per heavy atom. The molecule has 0 bridgehead atoms. The first-order chi connectivity index (χ1) is 14.1. The highest BCUT2D eigenvalue weighted by Gasteiger charge is 2.30. The first-order valence-electron chi connectivity index (χ1n) is 10.2. The molecule has 2 fully saturated rings. The monoisotopic (exact) mass is 397 g/mol. The van der Waals surface area contributed by atoms with Crippen LogP contribution in [0.15, 0.2) is 24.3 Å². The van der Waals surface area contributed by atoms with Crippen LogP contribution in [0.4, 0.5) is 10.5 Å². The number of nitrogens with one attached hydrogen (secondary N) is 2. The van der Waals surface area contributed by atoms with Crippen molar-refractivity contribution in [3.63, 3.8) is 0 Å². The number of hydrogen-bond acceptors (Lipinski definition) is 5. The highest BCUT2D eigenvalue weighted by Crippen LogP contribution is 2.23. The highest BCUT2D eigenvalue weighted by molar-refractivity contribution is 5.93. The SMILES string of the molecule is NCc1nc(-c2ccc(NC(=O)C3CCN(C(=O)N4CCCC4)CC3)cc2)n[nH]1. The third-order valence-electron chi connectivity index (χ3n) is 5.65. The lowest BCUT2D eigenvalue weighted by Gasteiger charge is -2.34. The number of rotatable bonds is 4. The maximum Gasteiger partial charge on any atom is 0.319 e. The summed E-state index contributed by atoms with van der Waals surface area (Å²) in [6.45, 7) is 3.30. The molecule has 2 saturated heterocycles. The summed E-state index contributed by atoms with van der Waals surface area (Å²) in [7, 11) is 0. The van der Waals surface area contributed by atoms with Crippen LogP contribution in [0.5, 0.6) is 0 Å². The third kappa shape index (κ3) is 4.40. The summed E-state index contributed by atoms with van der Waals surface area (Å²) in [5, 5.41) is 9.90. The normalized spacial score (nSPS) is 17.6. The lowest BCUT2D eigenvalue weighted by molar-refractivity contribution is -0.121. The molecule has 3 heterocycles. The summed E-state index contributed by atoms with van der Waals surface area (Å²) >= 11 is 0. The fourth-order valence-corrected chi connectivity index (χ4v) is 3.90. The van der Waals surface area contributed by atoms with E-state index in [2.05, 4.69) is 20.5 Å². The van der Waals surface area contributed by atoms with Gasteiger partial charge in [-0.2, -0.15) is 5.10 Å². The first kappa shape index (κ1) is 19.4. The van der Waals surface area contributed by atoms with Crippen molar-refractivity contribution in [2.75, 3.05) is 31.5 Å². The van der Waals surface area contributed by atoms with Gasteiger partial charge in [-0.3, -0.25) is 9.89 Å². The minimum atomic E-state index is -0.0718. The van der Waals surface area contributed by atoms with Gasteiger partial charge < -0.3 is 20.9 Å². The number of likely N-dealkylation sites (tertiary alicyclic amines) is 2. The number of urea groups is 1. The number of carbonyl (C=O) groups excluding carboxylic acids is 2. The summed E-state index contributed by atoms with van der Waals surface area (Å²) in [5.74, 6) is 1.15. The van der Waals surface area contributed by atoms with Crippen molar-refractivity contribution in [2.24, 2.45) is 11.7 Å². The van der Waals surface area contributed by atoms with Gasteiger partial charge in [-0.25, -0.2) is 9.78 Å². The van der Waals surface area contributed by atoms with Gasteiger partial charge in [0.25, 0.3) is 0 Å². The van der Waals surface area contributed by atoms with Gasteiger partial charge in [0.15, 0.2) is 5.82 Å². The number of benzene rings is 1. The van der Waals surface area contributed by atoms with E-state index in [4.69, 9.17) is 5.73 Å². The Labute approximate surface area is 169 Å². The van der Waals surface area contributed by atoms with Gasteiger partial charge in [0.2, 0.25) is 5.91 Å². The number of H-pyrrole nitrogens is 1. The Hall–Kier alpha value is -2.94. The molecule has 154 valence electrons. The van der Waals surface area contributed by atoms with E-state index in [1.54, 1.807) is 0 Å². The molecule has 1 aromatic heterocycles. The van der Waals surface area contributed by atoms with E-state index >= 15 is 0 Å². The summed E-state index contributed by atoms with van der Waals surface area (Å²) in [5.41, 5.74) is 7.14. The predicted octanol–water partition coefficient (Wildman–Crippen LogP) is 1.80. The zero-order chi connectivity index (χ0) is 20.2. The molecule has 0 aliphatic carbocycles. The number of carbonyl (C=O) groups is 2. The van der Waals surface area contributed by atoms with Crippen LogP contribution in [-0.4, -0.2) is 63.1 Å². The van der Waals surface area contributed by atoms with Gasteiger partial charge in [0, 0.05) is 43.3 Å². The van der Waals surface area contributed by atoms with Gasteiger partial charge in [-0.1, -0.05) is 0 Å². The molecule has 0 atom stereocenters. The van der Waals surface area contributed by atoms with Crippen molar-refractivity contribution >= 4 is 17.6 Å². The maximum atomic E-state index is 12.6. The molecule has 4 N–H and O–H groups in total. The van der Waals surface area contributed by atoms with Gasteiger partial charge in [-0.15, -0.1) is 0 Å². The van der Waals surface area contributed by atoms with E-state index in [1.807, 2.05) is 34.1 Å². The number of piperidine rings is 1. The van der Waals surface area contributed by atoms with E-state index < -0.39 is 0 Å². The van der Waals surface area contributed by atoms with Crippen molar-refractivity contribution < 1.29 is 9.59 Å². The van der Waals surface area contributed by atoms with Crippen molar-refractivity contribution in [3.05, 3.63) is 30.1 Å². The Morgan fingerprint density at radius 2 is 1.72 bits per heavy atom. The van der Waals surface area contributed by atoms with Gasteiger partial charge in [0.1, 0.15) is 5.82 Å². The summed E-state index contributed by atoms with van der Waals surface area (Å²) in [6.07, 6.45) is 3.58. The fraction of sp³-hybridized carbons (Fsp3) is 0.500. The van der Waals surface area contributed by atoms with Crippen molar-refractivity contribution in [2.45, 2.75) is 32.2 Å². The molecular weight excluding hydrogens is 370 g/mol. The van der Waals surface area contributed by atoms with E-state index in [0.717, 1.165) is 37.2 Å². The zero-order valence-corrected chi connectivity index (χ0v) is 16.4. The molecule has 2 aliphatic heterocycles. The van der Waals surface area contributed by atoms with Crippen LogP contribution >= 0.6 is 0 Å². The van der Waals surface area contributed by atoms with E-state index in [-0.39, 0.29) is 17.9 Å². The van der Waals surface area contributed by atoms with E-state index in [9.17, 15) is 9.59 Å². The number of anilines is 1. The molecule has 4 rings (SSSR count). The number of aromatic nitrogens is 3. The molecule has 0 unspecified atom stereocenters. The minimum absolute atomic E-state index is 0.00864. The molecule has 2 aliphatic rings. The van der Waals surface area contributed by atoms with Crippen molar-refractivity contribution in [3.8, 4) is 11.4 Å². The number of aromatic amines is 1. The molecule has 9 heteroatoms. The third-order valence-corrected chi connectivity index (χ3v) is 5.65. The average Bonchev–Trinajstić information content (AvgIpc) is 3.46. The molecule has 2 aromatic rings. The van der Waals surface area contributed by atoms with Crippen LogP contribution in [0.1, 0.15) is 31.5 Å². The van der Waals surface area contributed by atoms with Gasteiger partial charge in [-0.05, 0) is 49.9 Å². The zero-order valence-electron chi connectivity index (χ0n) is 16.4. The topological polar surface area (TPSA) is 120 Å². The first-order valence-corrected chi connectivity index (χ1v) is 10.2. The van der Waals surface area contributed by atoms with Crippen molar-refractivity contribution in [1.29, 1.82) is 0 Å². The predicted molar refractivity (Wildman–Crippen MR) is 109 cm³/mol. The molecule has 29 heavy (non-hydrogen) atoms. The quantitative estimate of drug-likeness (QED) is 0.726. The average molecular weight is 397 g/mol. The van der Waals surface area contributed by atoms with E-state index in [1.165, 1.54) is 0 Å². The molecule has 1 aromatic carbocycles. The smallest absolute Gasteiger partial charge is 0.319 e. The molecule has 0 radical (unpaired) electrons. The van der Waals surface area contributed by atoms with Crippen LogP contribution < -0.4 is 11.1 Å². The van der Waals surface area contributed by atoms with Crippen molar-refractivity contribution in [1.82, 2.24) is 25.0 Å². The maximum absolute atomic E-state index is 12.6. The van der Waals surface area contributed by atoms with Crippen LogP contribution in [0.2, 0.25) is 0 Å². The van der Waals surface area contributed by atoms with Crippen LogP contribution in [-0.2, 0) is 11.3 Å². The van der Waals surface area contributed by atoms with Crippen LogP contribution in [0, 0.1) is 5.92 Å². The Morgan fingerprint density at radius 3 is 2.34 bits per heavy atom. The van der Waals surface area contributed by atoms with Crippen LogP contribution in [0.25, 0.3) is 11.4 Å². The number of hydrogen-bond donors (Lipinski definition) is 3. The molecule has 0 saturated carbocycles. The summed E-state index contributed by atoms with van der Waals surface area (Å²) < 4.78 is 0. The van der Waals surface area contributed by atoms with Gasteiger partial charge >= 0.3 is 6.03 Å². The summed E-state index contributed by atoms with van der Waals surface area (Å²) in [6, 6.07) is 7.56. The standard InChI is InChI=1S/C20H27N7O2/c21-13-17-23-18(25-24-17)14-3-5-16(6-4-14)22-19(28)15-7-11-27(12-8-15)20(29)26-9-1-2-10-26/h3-6,15H,1-2,7-13,21H2,(H,22,28)(H,23,24,25). The largest absolute Gasteiger partial charge is 0.326 e. The molecule has 9 nitrogen and oxygen atoms in total. The summed E-state index contributed by atoms with van der Waals surface area (Å²) in [4.78, 5) is 33.2. The second-order valence-corrected chi connectivity index (χ2v) is 7.61. The molecule has 0 spiro atoms. The van der Waals surface area contributed by atoms with Gasteiger partial charge in [0.05, 0.1) is 6.54 Å². The molecule has 3 amide bonds. The Balaban J connectivity index is 1.29. The number of amides is 3. The minimum Gasteiger partial charge on any atom is -0.326 e. The lowest BCUT2D eigenvalue weighted by Crippen LogP contribution is -2.47. The van der Waals surface area contributed by atoms with E-state index in [0.29, 0.717) is 44.1 Å².